The van der Waals surface area contributed by atoms with Gasteiger partial charge in [0.15, 0.2) is 5.82 Å². The molecule has 0 unspecified atom stereocenters. The fourth-order valence-corrected chi connectivity index (χ4v) is 1.80. The van der Waals surface area contributed by atoms with Gasteiger partial charge in [0.05, 0.1) is 5.02 Å². The van der Waals surface area contributed by atoms with Gasteiger partial charge < -0.3 is 0 Å². The fraction of sp³-hybridized carbons (Fsp3) is 0.250. The van der Waals surface area contributed by atoms with Gasteiger partial charge in [-0.1, -0.05) is 30.1 Å². The van der Waals surface area contributed by atoms with E-state index < -0.39 is 0 Å². The van der Waals surface area contributed by atoms with E-state index in [1.165, 1.54) is 0 Å². The Kier molecular flexibility index (Phi) is 3.60. The molecule has 0 aliphatic carbocycles. The van der Waals surface area contributed by atoms with E-state index in [-0.39, 0.29) is 0 Å². The Morgan fingerprint density at radius 1 is 1.18 bits per heavy atom. The van der Waals surface area contributed by atoms with E-state index in [1.807, 2.05) is 13.8 Å². The molecule has 0 fully saturated rings. The smallest absolute Gasteiger partial charge is 0.179 e. The van der Waals surface area contributed by atoms with Crippen LogP contribution in [-0.2, 0) is 6.42 Å². The summed E-state index contributed by atoms with van der Waals surface area (Å²) >= 11 is 11.9. The van der Waals surface area contributed by atoms with E-state index in [9.17, 15) is 0 Å². The molecule has 2 heterocycles. The zero-order valence-corrected chi connectivity index (χ0v) is 11.0. The number of rotatable bonds is 2. The molecule has 0 aliphatic heterocycles. The lowest BCUT2D eigenvalue weighted by Crippen LogP contribution is -2.00. The number of nitrogens with zero attached hydrogens (tertiary/aromatic N) is 3. The molecule has 17 heavy (non-hydrogen) atoms. The molecule has 0 spiro atoms. The lowest BCUT2D eigenvalue weighted by atomic mass is 10.2. The topological polar surface area (TPSA) is 38.7 Å². The van der Waals surface area contributed by atoms with Gasteiger partial charge in [0, 0.05) is 17.5 Å². The summed E-state index contributed by atoms with van der Waals surface area (Å²) in [7, 11) is 0. The van der Waals surface area contributed by atoms with Gasteiger partial charge in [0.25, 0.3) is 0 Å². The monoisotopic (exact) mass is 267 g/mol. The highest BCUT2D eigenvalue weighted by Crippen LogP contribution is 2.21. The van der Waals surface area contributed by atoms with Crippen molar-refractivity contribution in [2.45, 2.75) is 20.3 Å². The molecule has 0 amide bonds. The minimum Gasteiger partial charge on any atom is -0.251 e. The maximum atomic E-state index is 6.07. The zero-order chi connectivity index (χ0) is 12.4. The second-order valence-electron chi connectivity index (χ2n) is 3.62. The highest BCUT2D eigenvalue weighted by molar-refractivity contribution is 6.30. The molecule has 0 radical (unpaired) electrons. The van der Waals surface area contributed by atoms with Gasteiger partial charge in [-0.25, -0.2) is 9.97 Å². The van der Waals surface area contributed by atoms with Crippen LogP contribution in [0.25, 0.3) is 11.5 Å². The second kappa shape index (κ2) is 4.98. The predicted molar refractivity (Wildman–Crippen MR) is 69.4 cm³/mol. The van der Waals surface area contributed by atoms with Crippen LogP contribution in [0.4, 0.5) is 0 Å². The second-order valence-corrected chi connectivity index (χ2v) is 4.42. The third-order valence-electron chi connectivity index (χ3n) is 2.48. The minimum absolute atomic E-state index is 0.476. The Bertz CT molecular complexity index is 538. The van der Waals surface area contributed by atoms with Gasteiger partial charge in [-0.3, -0.25) is 4.98 Å². The largest absolute Gasteiger partial charge is 0.251 e. The van der Waals surface area contributed by atoms with E-state index in [0.29, 0.717) is 21.7 Å². The van der Waals surface area contributed by atoms with Crippen LogP contribution in [0.2, 0.25) is 10.2 Å². The van der Waals surface area contributed by atoms with Gasteiger partial charge >= 0.3 is 0 Å². The molecule has 0 atom stereocenters. The first kappa shape index (κ1) is 12.3. The SMILES string of the molecule is CCc1nc(-c2ccc(Cl)cn2)nc(Cl)c1C. The van der Waals surface area contributed by atoms with Crippen molar-refractivity contribution in [3.8, 4) is 11.5 Å². The molecule has 2 aromatic rings. The van der Waals surface area contributed by atoms with E-state index in [4.69, 9.17) is 23.2 Å². The third-order valence-corrected chi connectivity index (χ3v) is 3.07. The van der Waals surface area contributed by atoms with Crippen molar-refractivity contribution in [1.29, 1.82) is 0 Å². The maximum Gasteiger partial charge on any atom is 0.179 e. The highest BCUT2D eigenvalue weighted by atomic mass is 35.5. The lowest BCUT2D eigenvalue weighted by molar-refractivity contribution is 0.971. The van der Waals surface area contributed by atoms with Crippen molar-refractivity contribution in [3.63, 3.8) is 0 Å². The Balaban J connectivity index is 2.52. The molecule has 2 rings (SSSR count). The average molecular weight is 268 g/mol. The van der Waals surface area contributed by atoms with Crippen LogP contribution < -0.4 is 0 Å². The molecule has 88 valence electrons. The fourth-order valence-electron chi connectivity index (χ4n) is 1.50. The van der Waals surface area contributed by atoms with E-state index in [1.54, 1.807) is 18.3 Å². The van der Waals surface area contributed by atoms with E-state index >= 15 is 0 Å². The Morgan fingerprint density at radius 2 is 1.94 bits per heavy atom. The van der Waals surface area contributed by atoms with Gasteiger partial charge in [-0.05, 0) is 25.5 Å². The standard InChI is InChI=1S/C12H11Cl2N3/c1-3-9-7(2)11(14)17-12(16-9)10-5-4-8(13)6-15-10/h4-6H,3H2,1-2H3. The molecule has 3 nitrogen and oxygen atoms in total. The highest BCUT2D eigenvalue weighted by Gasteiger charge is 2.10. The van der Waals surface area contributed by atoms with Crippen molar-refractivity contribution in [1.82, 2.24) is 15.0 Å². The van der Waals surface area contributed by atoms with Crippen molar-refractivity contribution in [3.05, 3.63) is 39.8 Å². The average Bonchev–Trinajstić information content (AvgIpc) is 2.33. The summed E-state index contributed by atoms with van der Waals surface area (Å²) in [6.45, 7) is 3.95. The number of hydrogen-bond acceptors (Lipinski definition) is 3. The molecular weight excluding hydrogens is 257 g/mol. The van der Waals surface area contributed by atoms with Gasteiger partial charge in [0.2, 0.25) is 0 Å². The summed E-state index contributed by atoms with van der Waals surface area (Å²) in [6, 6.07) is 3.54. The van der Waals surface area contributed by atoms with E-state index in [0.717, 1.165) is 17.7 Å². The summed E-state index contributed by atoms with van der Waals surface area (Å²) < 4.78 is 0. The van der Waals surface area contributed by atoms with Crippen LogP contribution in [0, 0.1) is 6.92 Å². The molecule has 2 aromatic heterocycles. The molecule has 0 saturated carbocycles. The van der Waals surface area contributed by atoms with Crippen LogP contribution in [-0.4, -0.2) is 15.0 Å². The van der Waals surface area contributed by atoms with Crippen LogP contribution in [0.15, 0.2) is 18.3 Å². The Labute approximate surface area is 110 Å². The van der Waals surface area contributed by atoms with Gasteiger partial charge in [0.1, 0.15) is 10.8 Å². The number of aromatic nitrogens is 3. The summed E-state index contributed by atoms with van der Waals surface area (Å²) in [6.07, 6.45) is 2.38. The van der Waals surface area contributed by atoms with Crippen LogP contribution in [0.3, 0.4) is 0 Å². The third kappa shape index (κ3) is 2.56. The maximum absolute atomic E-state index is 6.07. The van der Waals surface area contributed by atoms with Crippen molar-refractivity contribution < 1.29 is 0 Å². The van der Waals surface area contributed by atoms with Gasteiger partial charge in [-0.15, -0.1) is 0 Å². The first-order chi connectivity index (χ1) is 8.11. The first-order valence-electron chi connectivity index (χ1n) is 5.26. The zero-order valence-electron chi connectivity index (χ0n) is 9.54. The normalized spacial score (nSPS) is 10.6. The quantitative estimate of drug-likeness (QED) is 0.779. The van der Waals surface area contributed by atoms with E-state index in [2.05, 4.69) is 15.0 Å². The van der Waals surface area contributed by atoms with Crippen LogP contribution >= 0.6 is 23.2 Å². The molecule has 0 aliphatic rings. The van der Waals surface area contributed by atoms with Crippen molar-refractivity contribution in [2.75, 3.05) is 0 Å². The number of aryl methyl sites for hydroxylation is 1. The summed E-state index contributed by atoms with van der Waals surface area (Å²) in [4.78, 5) is 12.9. The lowest BCUT2D eigenvalue weighted by Gasteiger charge is -2.07. The Hall–Kier alpha value is -1.19. The predicted octanol–water partition coefficient (Wildman–Crippen LogP) is 3.72. The van der Waals surface area contributed by atoms with Gasteiger partial charge in [-0.2, -0.15) is 0 Å². The minimum atomic E-state index is 0.476. The number of hydrogen-bond donors (Lipinski definition) is 0. The summed E-state index contributed by atoms with van der Waals surface area (Å²) in [5.41, 5.74) is 2.54. The molecule has 0 bridgehead atoms. The van der Waals surface area contributed by atoms with Crippen molar-refractivity contribution >= 4 is 23.2 Å². The molecule has 0 N–H and O–H groups in total. The first-order valence-corrected chi connectivity index (χ1v) is 6.02. The number of pyridine rings is 1. The van der Waals surface area contributed by atoms with Crippen LogP contribution in [0.1, 0.15) is 18.2 Å². The summed E-state index contributed by atoms with van der Waals surface area (Å²) in [5, 5.41) is 1.06. The van der Waals surface area contributed by atoms with Crippen molar-refractivity contribution in [2.24, 2.45) is 0 Å². The molecule has 0 saturated heterocycles. The molecule has 5 heteroatoms. The van der Waals surface area contributed by atoms with Crippen LogP contribution in [0.5, 0.6) is 0 Å². The summed E-state index contributed by atoms with van der Waals surface area (Å²) in [5.74, 6) is 0.536. The Morgan fingerprint density at radius 3 is 2.53 bits per heavy atom. The molecular formula is C12H11Cl2N3. The number of halogens is 2. The molecule has 0 aromatic carbocycles.